The maximum absolute atomic E-state index is 13.7. The lowest BCUT2D eigenvalue weighted by Gasteiger charge is -2.26. The first-order valence-corrected chi connectivity index (χ1v) is 15.2. The summed E-state index contributed by atoms with van der Waals surface area (Å²) in [4.78, 5) is 32.2. The molecule has 0 saturated heterocycles. The third-order valence-electron chi connectivity index (χ3n) is 7.10. The molecular formula is C33H37N5O5S. The molecule has 11 heteroatoms. The predicted octanol–water partition coefficient (Wildman–Crippen LogP) is 5.62. The van der Waals surface area contributed by atoms with Gasteiger partial charge in [0.25, 0.3) is 15.9 Å². The highest BCUT2D eigenvalue weighted by atomic mass is 32.2. The minimum atomic E-state index is -4.13. The van der Waals surface area contributed by atoms with Gasteiger partial charge in [-0.15, -0.1) is 0 Å². The molecule has 0 bridgehead atoms. The van der Waals surface area contributed by atoms with Crippen LogP contribution in [0.25, 0.3) is 11.1 Å². The number of nitrogens with one attached hydrogen (secondary N) is 1. The van der Waals surface area contributed by atoms with E-state index in [2.05, 4.69) is 4.72 Å². The molecule has 0 atom stereocenters. The maximum atomic E-state index is 13.7. The number of hydrogen-bond acceptors (Lipinski definition) is 6. The Morgan fingerprint density at radius 2 is 1.27 bits per heavy atom. The van der Waals surface area contributed by atoms with Crippen LogP contribution >= 0.6 is 0 Å². The summed E-state index contributed by atoms with van der Waals surface area (Å²) in [6.45, 7) is 0. The molecule has 4 rings (SSSR count). The van der Waals surface area contributed by atoms with Crippen molar-refractivity contribution in [2.45, 2.75) is 4.90 Å². The van der Waals surface area contributed by atoms with E-state index in [4.69, 9.17) is 4.74 Å². The minimum absolute atomic E-state index is 0.0721. The van der Waals surface area contributed by atoms with E-state index >= 15 is 0 Å². The Bertz CT molecular complexity index is 1790. The Morgan fingerprint density at radius 3 is 1.91 bits per heavy atom. The van der Waals surface area contributed by atoms with Gasteiger partial charge in [-0.2, -0.15) is 0 Å². The van der Waals surface area contributed by atoms with Crippen LogP contribution < -0.4 is 24.2 Å². The van der Waals surface area contributed by atoms with Crippen molar-refractivity contribution in [3.8, 4) is 16.9 Å². The second-order valence-corrected chi connectivity index (χ2v) is 12.3. The number of sulfonamides is 1. The lowest BCUT2D eigenvalue weighted by Crippen LogP contribution is -2.39. The zero-order valence-electron chi connectivity index (χ0n) is 25.9. The van der Waals surface area contributed by atoms with Crippen molar-refractivity contribution in [2.24, 2.45) is 0 Å². The van der Waals surface area contributed by atoms with Crippen molar-refractivity contribution in [3.05, 3.63) is 96.6 Å². The number of benzene rings is 4. The van der Waals surface area contributed by atoms with Gasteiger partial charge in [0.05, 0.1) is 12.8 Å². The number of anilines is 4. The topological polar surface area (TPSA) is 102 Å². The van der Waals surface area contributed by atoms with Crippen LogP contribution in [0.4, 0.5) is 27.5 Å². The first-order valence-electron chi connectivity index (χ1n) is 13.7. The molecule has 4 aromatic carbocycles. The number of amides is 3. The van der Waals surface area contributed by atoms with E-state index in [1.165, 1.54) is 27.9 Å². The number of rotatable bonds is 9. The quantitative estimate of drug-likeness (QED) is 0.262. The normalized spacial score (nSPS) is 11.0. The number of methoxy groups -OCH3 is 1. The lowest BCUT2D eigenvalue weighted by atomic mass is 10.0. The molecule has 0 unspecified atom stereocenters. The van der Waals surface area contributed by atoms with E-state index in [1.807, 2.05) is 49.3 Å². The van der Waals surface area contributed by atoms with Gasteiger partial charge in [-0.25, -0.2) is 13.2 Å². The fraction of sp³-hybridized carbons (Fsp3) is 0.212. The zero-order valence-corrected chi connectivity index (χ0v) is 26.7. The fourth-order valence-corrected chi connectivity index (χ4v) is 5.82. The number of carbonyl (C=O) groups is 2. The van der Waals surface area contributed by atoms with Gasteiger partial charge in [0, 0.05) is 64.9 Å². The fourth-order valence-electron chi connectivity index (χ4n) is 4.57. The van der Waals surface area contributed by atoms with Crippen molar-refractivity contribution in [2.75, 3.05) is 68.8 Å². The van der Waals surface area contributed by atoms with Crippen LogP contribution in [0, 0.1) is 0 Å². The third kappa shape index (κ3) is 6.95. The molecule has 0 heterocycles. The Morgan fingerprint density at radius 1 is 0.682 bits per heavy atom. The van der Waals surface area contributed by atoms with Gasteiger partial charge < -0.3 is 14.5 Å². The molecule has 44 heavy (non-hydrogen) atoms. The second kappa shape index (κ2) is 13.1. The van der Waals surface area contributed by atoms with E-state index in [-0.39, 0.29) is 28.3 Å². The number of carbonyl (C=O) groups excluding carboxylic acids is 2. The van der Waals surface area contributed by atoms with Crippen LogP contribution in [0.5, 0.6) is 5.75 Å². The highest BCUT2D eigenvalue weighted by Gasteiger charge is 2.23. The molecule has 1 N–H and O–H groups in total. The standard InChI is InChI=1S/C33H37N5O5S/c1-35(2)27-14-10-16-29(22-27)38(6)33(40)37(5)28-15-9-13-26(21-28)34-44(41,42)31-20-24(17-18-30(31)43-7)23-11-8-12-25(19-23)32(39)36(3)4/h8-22,34H,1-7H3. The Balaban J connectivity index is 1.60. The minimum Gasteiger partial charge on any atom is -0.495 e. The summed E-state index contributed by atoms with van der Waals surface area (Å²) in [6, 6.07) is 25.7. The Kier molecular flexibility index (Phi) is 9.49. The number of nitrogens with zero attached hydrogens (tertiary/aromatic N) is 4. The third-order valence-corrected chi connectivity index (χ3v) is 8.50. The van der Waals surface area contributed by atoms with Crippen LogP contribution in [-0.2, 0) is 10.0 Å². The monoisotopic (exact) mass is 615 g/mol. The summed E-state index contributed by atoms with van der Waals surface area (Å²) < 4.78 is 35.4. The van der Waals surface area contributed by atoms with Crippen molar-refractivity contribution in [3.63, 3.8) is 0 Å². The van der Waals surface area contributed by atoms with E-state index < -0.39 is 10.0 Å². The summed E-state index contributed by atoms with van der Waals surface area (Å²) in [5.74, 6) is -0.00159. The number of ether oxygens (including phenoxy) is 1. The van der Waals surface area contributed by atoms with Crippen molar-refractivity contribution < 1.29 is 22.7 Å². The predicted molar refractivity (Wildman–Crippen MR) is 177 cm³/mol. The summed E-state index contributed by atoms with van der Waals surface area (Å²) >= 11 is 0. The van der Waals surface area contributed by atoms with Gasteiger partial charge in [0.15, 0.2) is 0 Å². The first kappa shape index (κ1) is 31.9. The molecule has 3 amide bonds. The van der Waals surface area contributed by atoms with Gasteiger partial charge in [0.1, 0.15) is 10.6 Å². The summed E-state index contributed by atoms with van der Waals surface area (Å²) in [5, 5.41) is 0. The summed E-state index contributed by atoms with van der Waals surface area (Å²) in [7, 11) is 7.78. The molecule has 0 aliphatic rings. The van der Waals surface area contributed by atoms with E-state index in [9.17, 15) is 18.0 Å². The lowest BCUT2D eigenvalue weighted by molar-refractivity contribution is 0.0827. The maximum Gasteiger partial charge on any atom is 0.328 e. The van der Waals surface area contributed by atoms with Gasteiger partial charge in [-0.05, 0) is 71.8 Å². The Hall–Kier alpha value is -5.03. The summed E-state index contributed by atoms with van der Waals surface area (Å²) in [5.41, 5.74) is 4.19. The van der Waals surface area contributed by atoms with Crippen molar-refractivity contribution >= 4 is 44.7 Å². The average Bonchev–Trinajstić information content (AvgIpc) is 3.02. The van der Waals surface area contributed by atoms with Crippen LogP contribution in [0.3, 0.4) is 0 Å². The smallest absolute Gasteiger partial charge is 0.328 e. The second-order valence-electron chi connectivity index (χ2n) is 10.6. The van der Waals surface area contributed by atoms with Crippen molar-refractivity contribution in [1.82, 2.24) is 4.90 Å². The zero-order chi connectivity index (χ0) is 32.2. The highest BCUT2D eigenvalue weighted by Crippen LogP contribution is 2.32. The molecule has 0 radical (unpaired) electrons. The molecule has 230 valence electrons. The van der Waals surface area contributed by atoms with Gasteiger partial charge in [0.2, 0.25) is 0 Å². The number of urea groups is 1. The molecule has 0 saturated carbocycles. The van der Waals surface area contributed by atoms with Crippen LogP contribution in [0.15, 0.2) is 95.9 Å². The van der Waals surface area contributed by atoms with Crippen LogP contribution in [-0.4, -0.2) is 74.7 Å². The van der Waals surface area contributed by atoms with E-state index in [1.54, 1.807) is 82.8 Å². The van der Waals surface area contributed by atoms with Gasteiger partial charge in [-0.3, -0.25) is 19.3 Å². The SMILES string of the molecule is COc1ccc(-c2cccc(C(=O)N(C)C)c2)cc1S(=O)(=O)Nc1cccc(N(C)C(=O)N(C)c2cccc(N(C)C)c2)c1. The van der Waals surface area contributed by atoms with Gasteiger partial charge in [-0.1, -0.05) is 30.3 Å². The molecule has 0 aliphatic heterocycles. The van der Waals surface area contributed by atoms with E-state index in [0.29, 0.717) is 28.1 Å². The molecule has 0 spiro atoms. The molecular weight excluding hydrogens is 578 g/mol. The Labute approximate surface area is 259 Å². The molecule has 0 aromatic heterocycles. The molecule has 4 aromatic rings. The van der Waals surface area contributed by atoms with Crippen molar-refractivity contribution in [1.29, 1.82) is 0 Å². The van der Waals surface area contributed by atoms with Gasteiger partial charge >= 0.3 is 6.03 Å². The van der Waals surface area contributed by atoms with Crippen LogP contribution in [0.1, 0.15) is 10.4 Å². The highest BCUT2D eigenvalue weighted by molar-refractivity contribution is 7.92. The largest absolute Gasteiger partial charge is 0.495 e. The number of hydrogen-bond donors (Lipinski definition) is 1. The molecule has 10 nitrogen and oxygen atoms in total. The van der Waals surface area contributed by atoms with Crippen LogP contribution in [0.2, 0.25) is 0 Å². The molecule has 0 aliphatic carbocycles. The summed E-state index contributed by atoms with van der Waals surface area (Å²) in [6.07, 6.45) is 0. The first-order chi connectivity index (χ1) is 20.8. The average molecular weight is 616 g/mol. The van der Waals surface area contributed by atoms with E-state index in [0.717, 1.165) is 5.69 Å². The molecule has 0 fully saturated rings.